The molecule has 4 rings (SSSR count). The largest absolute Gasteiger partial charge is 0.300 e. The third-order valence-electron chi connectivity index (χ3n) is 4.31. The molecule has 1 heterocycles. The Morgan fingerprint density at radius 1 is 1.04 bits per heavy atom. The van der Waals surface area contributed by atoms with E-state index in [2.05, 4.69) is 9.97 Å². The number of nitrogens with one attached hydrogen (secondary N) is 1. The zero-order valence-electron chi connectivity index (χ0n) is 13.7. The van der Waals surface area contributed by atoms with Gasteiger partial charge >= 0.3 is 0 Å². The summed E-state index contributed by atoms with van der Waals surface area (Å²) in [5, 5.41) is 14.1. The van der Waals surface area contributed by atoms with Gasteiger partial charge in [-0.15, -0.1) is 0 Å². The van der Waals surface area contributed by atoms with E-state index in [1.54, 1.807) is 0 Å². The third kappa shape index (κ3) is 2.47. The number of H-pyrrole nitrogens is 1. The Hall–Kier alpha value is -2.81. The summed E-state index contributed by atoms with van der Waals surface area (Å²) in [5.41, 5.74) is 0.689. The van der Waals surface area contributed by atoms with Gasteiger partial charge in [-0.1, -0.05) is 71.9 Å². The van der Waals surface area contributed by atoms with Crippen LogP contribution in [0.25, 0.3) is 32.8 Å². The van der Waals surface area contributed by atoms with Gasteiger partial charge in [-0.25, -0.2) is 4.98 Å². The molecule has 0 aliphatic carbocycles. The normalized spacial score (nSPS) is 11.0. The van der Waals surface area contributed by atoms with Gasteiger partial charge in [-0.05, 0) is 17.0 Å². The number of aromatic amines is 1. The Morgan fingerprint density at radius 2 is 1.58 bits per heavy atom. The van der Waals surface area contributed by atoms with Gasteiger partial charge in [0, 0.05) is 16.3 Å². The monoisotopic (exact) mass is 377 g/mol. The van der Waals surface area contributed by atoms with Crippen molar-refractivity contribution < 1.29 is 0 Å². The zero-order valence-corrected chi connectivity index (χ0v) is 15.3. The number of hydrogen-bond acceptors (Lipinski definition) is 4. The molecule has 0 bridgehead atoms. The Balaban J connectivity index is 2.29. The van der Waals surface area contributed by atoms with Crippen LogP contribution in [0.1, 0.15) is 5.56 Å². The molecule has 26 heavy (non-hydrogen) atoms. The predicted molar refractivity (Wildman–Crippen MR) is 107 cm³/mol. The van der Waals surface area contributed by atoms with Crippen molar-refractivity contribution in [3.05, 3.63) is 69.5 Å². The van der Waals surface area contributed by atoms with E-state index in [4.69, 9.17) is 11.6 Å². The molecule has 126 valence electrons. The molecule has 0 aliphatic heterocycles. The summed E-state index contributed by atoms with van der Waals surface area (Å²) in [4.78, 5) is 19.6. The molecule has 0 atom stereocenters. The van der Waals surface area contributed by atoms with Gasteiger partial charge in [-0.2, -0.15) is 5.26 Å². The highest BCUT2D eigenvalue weighted by atomic mass is 35.5. The van der Waals surface area contributed by atoms with E-state index in [0.717, 1.165) is 27.1 Å². The van der Waals surface area contributed by atoms with Gasteiger partial charge in [0.25, 0.3) is 5.56 Å². The standard InChI is InChI=1S/C20H12ClN3OS/c1-26-20-23-18(15(10-22)19(25)24-20)16-11-6-2-4-8-13(11)17(21)14-9-5-3-7-12(14)16/h2-9H,1H3,(H,23,24,25). The fourth-order valence-electron chi connectivity index (χ4n) is 3.16. The van der Waals surface area contributed by atoms with Crippen molar-refractivity contribution in [1.29, 1.82) is 5.26 Å². The SMILES string of the molecule is CSc1nc(-c2c3ccccc3c(Cl)c3ccccc23)c(C#N)c(=O)[nH]1. The van der Waals surface area contributed by atoms with E-state index in [1.807, 2.05) is 60.9 Å². The maximum atomic E-state index is 12.4. The van der Waals surface area contributed by atoms with Crippen LogP contribution in [0.3, 0.4) is 0 Å². The van der Waals surface area contributed by atoms with Crippen molar-refractivity contribution in [3.8, 4) is 17.3 Å². The summed E-state index contributed by atoms with van der Waals surface area (Å²) in [5.74, 6) is 0. The highest BCUT2D eigenvalue weighted by molar-refractivity contribution is 7.98. The number of rotatable bonds is 2. The van der Waals surface area contributed by atoms with Gasteiger partial charge in [-0.3, -0.25) is 4.79 Å². The molecule has 0 aliphatic rings. The van der Waals surface area contributed by atoms with Crippen LogP contribution in [0, 0.1) is 11.3 Å². The zero-order chi connectivity index (χ0) is 18.3. The van der Waals surface area contributed by atoms with E-state index >= 15 is 0 Å². The van der Waals surface area contributed by atoms with Crippen molar-refractivity contribution in [3.63, 3.8) is 0 Å². The Morgan fingerprint density at radius 3 is 2.08 bits per heavy atom. The molecule has 1 N–H and O–H groups in total. The molecule has 3 aromatic carbocycles. The molecule has 0 saturated carbocycles. The molecule has 6 heteroatoms. The Bertz CT molecular complexity index is 1220. The summed E-state index contributed by atoms with van der Waals surface area (Å²) in [6, 6.07) is 17.4. The predicted octanol–water partition coefficient (Wildman–Crippen LogP) is 4.99. The highest BCUT2D eigenvalue weighted by Gasteiger charge is 2.20. The van der Waals surface area contributed by atoms with E-state index in [-0.39, 0.29) is 5.56 Å². The van der Waals surface area contributed by atoms with E-state index in [0.29, 0.717) is 15.9 Å². The molecule has 0 amide bonds. The summed E-state index contributed by atoms with van der Waals surface area (Å²) in [7, 11) is 0. The van der Waals surface area contributed by atoms with Crippen molar-refractivity contribution in [1.82, 2.24) is 9.97 Å². The van der Waals surface area contributed by atoms with Crippen molar-refractivity contribution in [2.75, 3.05) is 6.26 Å². The van der Waals surface area contributed by atoms with Gasteiger partial charge in [0.1, 0.15) is 11.6 Å². The molecule has 4 nitrogen and oxygen atoms in total. The number of thioether (sulfide) groups is 1. The minimum Gasteiger partial charge on any atom is -0.300 e. The van der Waals surface area contributed by atoms with Crippen molar-refractivity contribution in [2.24, 2.45) is 0 Å². The van der Waals surface area contributed by atoms with Gasteiger partial charge in [0.05, 0.1) is 10.7 Å². The lowest BCUT2D eigenvalue weighted by Gasteiger charge is -2.14. The number of fused-ring (bicyclic) bond motifs is 2. The van der Waals surface area contributed by atoms with Gasteiger partial charge in [0.15, 0.2) is 5.16 Å². The quantitative estimate of drug-likeness (QED) is 0.303. The first-order valence-electron chi connectivity index (χ1n) is 7.83. The fourth-order valence-corrected chi connectivity index (χ4v) is 3.87. The topological polar surface area (TPSA) is 69.5 Å². The smallest absolute Gasteiger partial charge is 0.270 e. The van der Waals surface area contributed by atoms with Gasteiger partial charge in [0.2, 0.25) is 0 Å². The summed E-state index contributed by atoms with van der Waals surface area (Å²) < 4.78 is 0. The van der Waals surface area contributed by atoms with Gasteiger partial charge < -0.3 is 4.98 Å². The first-order chi connectivity index (χ1) is 12.7. The number of hydrogen-bond donors (Lipinski definition) is 1. The fraction of sp³-hybridized carbons (Fsp3) is 0.0500. The summed E-state index contributed by atoms with van der Waals surface area (Å²) in [6.45, 7) is 0. The van der Waals surface area contributed by atoms with Crippen LogP contribution in [0.5, 0.6) is 0 Å². The van der Waals surface area contributed by atoms with E-state index in [9.17, 15) is 10.1 Å². The van der Waals surface area contributed by atoms with E-state index in [1.165, 1.54) is 11.8 Å². The minimum atomic E-state index is -0.440. The molecule has 0 unspecified atom stereocenters. The van der Waals surface area contributed by atoms with Crippen molar-refractivity contribution >= 4 is 44.9 Å². The van der Waals surface area contributed by atoms with Crippen LogP contribution in [0.15, 0.2) is 58.5 Å². The number of nitrogens with zero attached hydrogens (tertiary/aromatic N) is 2. The maximum Gasteiger partial charge on any atom is 0.270 e. The Labute approximate surface area is 158 Å². The molecular weight excluding hydrogens is 366 g/mol. The molecular formula is C20H12ClN3OS. The van der Waals surface area contributed by atoms with E-state index < -0.39 is 5.56 Å². The number of aromatic nitrogens is 2. The van der Waals surface area contributed by atoms with Crippen LogP contribution in [0.4, 0.5) is 0 Å². The number of benzene rings is 3. The van der Waals surface area contributed by atoms with Crippen LogP contribution < -0.4 is 5.56 Å². The lowest BCUT2D eigenvalue weighted by molar-refractivity contribution is 0.939. The average molecular weight is 378 g/mol. The van der Waals surface area contributed by atoms with Crippen LogP contribution in [-0.2, 0) is 0 Å². The molecule has 0 saturated heterocycles. The first kappa shape index (κ1) is 16.6. The summed E-state index contributed by atoms with van der Waals surface area (Å²) in [6.07, 6.45) is 1.83. The lowest BCUT2D eigenvalue weighted by atomic mass is 9.93. The minimum absolute atomic E-state index is 0.000397. The van der Waals surface area contributed by atoms with Crippen LogP contribution in [0.2, 0.25) is 5.02 Å². The number of halogens is 1. The van der Waals surface area contributed by atoms with Crippen molar-refractivity contribution in [2.45, 2.75) is 5.16 Å². The second kappa shape index (κ2) is 6.49. The molecule has 0 spiro atoms. The second-order valence-corrected chi connectivity index (χ2v) is 6.86. The first-order valence-corrected chi connectivity index (χ1v) is 9.43. The average Bonchev–Trinajstić information content (AvgIpc) is 2.68. The number of nitriles is 1. The Kier molecular flexibility index (Phi) is 4.15. The molecule has 0 fully saturated rings. The molecule has 0 radical (unpaired) electrons. The molecule has 1 aromatic heterocycles. The second-order valence-electron chi connectivity index (χ2n) is 5.69. The maximum absolute atomic E-state index is 12.4. The molecule has 4 aromatic rings. The summed E-state index contributed by atoms with van der Waals surface area (Å²) >= 11 is 7.96. The third-order valence-corrected chi connectivity index (χ3v) is 5.29. The lowest BCUT2D eigenvalue weighted by Crippen LogP contribution is -2.14. The highest BCUT2D eigenvalue weighted by Crippen LogP contribution is 2.41. The van der Waals surface area contributed by atoms with Crippen LogP contribution >= 0.6 is 23.4 Å². The van der Waals surface area contributed by atoms with Crippen LogP contribution in [-0.4, -0.2) is 16.2 Å².